The molecule has 0 saturated heterocycles. The van der Waals surface area contributed by atoms with E-state index >= 15 is 0 Å². The molecule has 1 aromatic heterocycles. The van der Waals surface area contributed by atoms with Gasteiger partial charge in [0, 0.05) is 12.2 Å². The van der Waals surface area contributed by atoms with Crippen LogP contribution in [0.25, 0.3) is 0 Å². The minimum atomic E-state index is -0.600. The first kappa shape index (κ1) is 13.7. The molecule has 94 valence electrons. The standard InChI is InChI=1S/C10H14BrN3O3/c1-3-6(2)12-8(15)5-14-4-7(11)9(16)13-10(14)17/h4,6H,3,5H2,1-2H3,(H,12,15)(H,13,16,17). The van der Waals surface area contributed by atoms with Crippen LogP contribution in [-0.4, -0.2) is 21.5 Å². The van der Waals surface area contributed by atoms with Crippen molar-refractivity contribution >= 4 is 21.8 Å². The monoisotopic (exact) mass is 303 g/mol. The zero-order valence-corrected chi connectivity index (χ0v) is 11.2. The molecule has 7 heteroatoms. The molecule has 1 aromatic rings. The lowest BCUT2D eigenvalue weighted by Crippen LogP contribution is -2.39. The second-order valence-corrected chi connectivity index (χ2v) is 4.60. The number of nitrogens with zero attached hydrogens (tertiary/aromatic N) is 1. The van der Waals surface area contributed by atoms with E-state index in [1.807, 2.05) is 13.8 Å². The van der Waals surface area contributed by atoms with Crippen LogP contribution in [0, 0.1) is 0 Å². The molecule has 0 aliphatic carbocycles. The molecule has 0 aliphatic heterocycles. The Bertz CT molecular complexity index is 520. The van der Waals surface area contributed by atoms with Crippen molar-refractivity contribution in [1.82, 2.24) is 14.9 Å². The molecule has 17 heavy (non-hydrogen) atoms. The van der Waals surface area contributed by atoms with E-state index in [1.54, 1.807) is 0 Å². The van der Waals surface area contributed by atoms with Gasteiger partial charge in [0.05, 0.1) is 4.47 Å². The zero-order valence-electron chi connectivity index (χ0n) is 9.62. The van der Waals surface area contributed by atoms with Gasteiger partial charge in [-0.1, -0.05) is 6.92 Å². The number of hydrogen-bond donors (Lipinski definition) is 2. The molecule has 0 spiro atoms. The highest BCUT2D eigenvalue weighted by molar-refractivity contribution is 9.10. The van der Waals surface area contributed by atoms with Gasteiger partial charge in [0.15, 0.2) is 0 Å². The summed E-state index contributed by atoms with van der Waals surface area (Å²) >= 11 is 3.00. The third-order valence-electron chi connectivity index (χ3n) is 2.30. The number of carbonyl (C=O) groups is 1. The first-order valence-electron chi connectivity index (χ1n) is 5.22. The number of rotatable bonds is 4. The molecule has 1 atom stereocenters. The molecule has 1 unspecified atom stereocenters. The van der Waals surface area contributed by atoms with Gasteiger partial charge in [-0.05, 0) is 29.3 Å². The predicted molar refractivity (Wildman–Crippen MR) is 66.9 cm³/mol. The Morgan fingerprint density at radius 2 is 2.24 bits per heavy atom. The van der Waals surface area contributed by atoms with Gasteiger partial charge in [0.25, 0.3) is 5.56 Å². The van der Waals surface area contributed by atoms with Gasteiger partial charge in [-0.25, -0.2) is 4.79 Å². The zero-order chi connectivity index (χ0) is 13.0. The van der Waals surface area contributed by atoms with Crippen molar-refractivity contribution in [3.8, 4) is 0 Å². The lowest BCUT2D eigenvalue weighted by Gasteiger charge is -2.12. The van der Waals surface area contributed by atoms with Crippen molar-refractivity contribution in [2.24, 2.45) is 0 Å². The topological polar surface area (TPSA) is 84.0 Å². The van der Waals surface area contributed by atoms with Crippen LogP contribution in [0.15, 0.2) is 20.3 Å². The molecule has 0 radical (unpaired) electrons. The highest BCUT2D eigenvalue weighted by Crippen LogP contribution is 1.97. The van der Waals surface area contributed by atoms with Crippen molar-refractivity contribution in [3.63, 3.8) is 0 Å². The van der Waals surface area contributed by atoms with E-state index in [1.165, 1.54) is 6.20 Å². The van der Waals surface area contributed by atoms with Crippen molar-refractivity contribution in [2.45, 2.75) is 32.9 Å². The largest absolute Gasteiger partial charge is 0.352 e. The Kier molecular flexibility index (Phi) is 4.68. The minimum Gasteiger partial charge on any atom is -0.352 e. The molecule has 0 aliphatic rings. The van der Waals surface area contributed by atoms with Gasteiger partial charge in [0.1, 0.15) is 6.54 Å². The van der Waals surface area contributed by atoms with Crippen LogP contribution in [0.5, 0.6) is 0 Å². The third-order valence-corrected chi connectivity index (χ3v) is 2.87. The summed E-state index contributed by atoms with van der Waals surface area (Å²) in [5.74, 6) is -0.264. The fourth-order valence-electron chi connectivity index (χ4n) is 1.18. The fraction of sp³-hybridized carbons (Fsp3) is 0.500. The van der Waals surface area contributed by atoms with E-state index in [4.69, 9.17) is 0 Å². The summed E-state index contributed by atoms with van der Waals surface area (Å²) in [6.07, 6.45) is 2.12. The van der Waals surface area contributed by atoms with Crippen LogP contribution >= 0.6 is 15.9 Å². The van der Waals surface area contributed by atoms with Crippen molar-refractivity contribution < 1.29 is 4.79 Å². The molecule has 1 rings (SSSR count). The number of aromatic amines is 1. The highest BCUT2D eigenvalue weighted by Gasteiger charge is 2.08. The van der Waals surface area contributed by atoms with E-state index in [-0.39, 0.29) is 23.0 Å². The Labute approximate surface area is 106 Å². The minimum absolute atomic E-state index is 0.0596. The maximum atomic E-state index is 11.6. The molecule has 2 N–H and O–H groups in total. The third kappa shape index (κ3) is 3.85. The van der Waals surface area contributed by atoms with Crippen molar-refractivity contribution in [1.29, 1.82) is 0 Å². The van der Waals surface area contributed by atoms with Crippen LogP contribution < -0.4 is 16.6 Å². The van der Waals surface area contributed by atoms with Gasteiger partial charge in [0.2, 0.25) is 5.91 Å². The number of H-pyrrole nitrogens is 1. The molecule has 0 saturated carbocycles. The van der Waals surface area contributed by atoms with Crippen molar-refractivity contribution in [3.05, 3.63) is 31.5 Å². The lowest BCUT2D eigenvalue weighted by molar-refractivity contribution is -0.122. The van der Waals surface area contributed by atoms with Gasteiger partial charge < -0.3 is 5.32 Å². The predicted octanol–water partition coefficient (Wildman–Crippen LogP) is 0.214. The number of amides is 1. The van der Waals surface area contributed by atoms with Crippen LogP contribution in [-0.2, 0) is 11.3 Å². The quantitative estimate of drug-likeness (QED) is 0.834. The lowest BCUT2D eigenvalue weighted by atomic mass is 10.2. The molecule has 0 fully saturated rings. The Morgan fingerprint density at radius 1 is 1.59 bits per heavy atom. The summed E-state index contributed by atoms with van der Waals surface area (Å²) in [7, 11) is 0. The van der Waals surface area contributed by atoms with E-state index in [0.29, 0.717) is 0 Å². The van der Waals surface area contributed by atoms with E-state index in [2.05, 4.69) is 26.2 Å². The smallest absolute Gasteiger partial charge is 0.328 e. The molecular weight excluding hydrogens is 290 g/mol. The summed E-state index contributed by atoms with van der Waals surface area (Å²) in [5.41, 5.74) is -1.11. The van der Waals surface area contributed by atoms with Gasteiger partial charge in [-0.15, -0.1) is 0 Å². The van der Waals surface area contributed by atoms with Crippen LogP contribution in [0.1, 0.15) is 20.3 Å². The van der Waals surface area contributed by atoms with Gasteiger partial charge in [-0.2, -0.15) is 0 Å². The fourth-order valence-corrected chi connectivity index (χ4v) is 1.52. The summed E-state index contributed by atoms with van der Waals surface area (Å²) in [6.45, 7) is 3.72. The average molecular weight is 304 g/mol. The first-order chi connectivity index (χ1) is 7.93. The second-order valence-electron chi connectivity index (χ2n) is 3.74. The summed E-state index contributed by atoms with van der Waals surface area (Å²) in [5, 5.41) is 2.73. The SMILES string of the molecule is CCC(C)NC(=O)Cn1cc(Br)c(=O)[nH]c1=O. The normalized spacial score (nSPS) is 12.2. The van der Waals surface area contributed by atoms with Crippen LogP contribution in [0.4, 0.5) is 0 Å². The van der Waals surface area contributed by atoms with Crippen LogP contribution in [0.3, 0.4) is 0 Å². The molecule has 0 bridgehead atoms. The molecule has 1 heterocycles. The summed E-state index contributed by atoms with van der Waals surface area (Å²) in [6, 6.07) is 0.0596. The van der Waals surface area contributed by atoms with Crippen LogP contribution in [0.2, 0.25) is 0 Å². The number of aromatic nitrogens is 2. The maximum absolute atomic E-state index is 11.6. The van der Waals surface area contributed by atoms with E-state index < -0.39 is 11.2 Å². The average Bonchev–Trinajstić information content (AvgIpc) is 2.25. The summed E-state index contributed by atoms with van der Waals surface area (Å²) < 4.78 is 1.36. The Hall–Kier alpha value is -1.37. The number of hydrogen-bond acceptors (Lipinski definition) is 3. The Morgan fingerprint density at radius 3 is 2.82 bits per heavy atom. The number of halogens is 1. The van der Waals surface area contributed by atoms with Gasteiger partial charge >= 0.3 is 5.69 Å². The molecule has 1 amide bonds. The molecular formula is C10H14BrN3O3. The van der Waals surface area contributed by atoms with Crippen molar-refractivity contribution in [2.75, 3.05) is 0 Å². The van der Waals surface area contributed by atoms with E-state index in [0.717, 1.165) is 11.0 Å². The second kappa shape index (κ2) is 5.81. The summed E-state index contributed by atoms with van der Waals surface area (Å²) in [4.78, 5) is 36.1. The maximum Gasteiger partial charge on any atom is 0.328 e. The van der Waals surface area contributed by atoms with Gasteiger partial charge in [-0.3, -0.25) is 19.1 Å². The molecule has 0 aromatic carbocycles. The molecule has 6 nitrogen and oxygen atoms in total. The first-order valence-corrected chi connectivity index (χ1v) is 6.02. The highest BCUT2D eigenvalue weighted by atomic mass is 79.9. The number of nitrogens with one attached hydrogen (secondary N) is 2. The Balaban J connectivity index is 2.82. The van der Waals surface area contributed by atoms with E-state index in [9.17, 15) is 14.4 Å². The number of carbonyl (C=O) groups excluding carboxylic acids is 1.